The number of carbonyl (C=O) groups excluding carboxylic acids is 1. The Balaban J connectivity index is 1.63. The van der Waals surface area contributed by atoms with Gasteiger partial charge in [-0.25, -0.2) is 4.99 Å². The van der Waals surface area contributed by atoms with Crippen LogP contribution in [0.1, 0.15) is 22.7 Å². The van der Waals surface area contributed by atoms with Crippen molar-refractivity contribution in [1.29, 1.82) is 0 Å². The van der Waals surface area contributed by atoms with Crippen molar-refractivity contribution in [3.8, 4) is 5.75 Å². The monoisotopic (exact) mass is 510 g/mol. The van der Waals surface area contributed by atoms with E-state index in [2.05, 4.69) is 0 Å². The first-order valence-electron chi connectivity index (χ1n) is 11.4. The van der Waals surface area contributed by atoms with Crippen LogP contribution in [-0.4, -0.2) is 23.1 Å². The Bertz CT molecular complexity index is 1360. The summed E-state index contributed by atoms with van der Waals surface area (Å²) in [4.78, 5) is 21.3. The molecule has 1 amide bonds. The molecule has 0 radical (unpaired) electrons. The first-order valence-corrected chi connectivity index (χ1v) is 12.6. The number of amides is 1. The van der Waals surface area contributed by atoms with Crippen LogP contribution in [0.25, 0.3) is 6.08 Å². The summed E-state index contributed by atoms with van der Waals surface area (Å²) in [5.74, 6) is 0.653. The van der Waals surface area contributed by atoms with Crippen LogP contribution < -0.4 is 4.74 Å². The van der Waals surface area contributed by atoms with Gasteiger partial charge in [0.1, 0.15) is 5.75 Å². The molecule has 0 aromatic heterocycles. The number of rotatable bonds is 6. The number of carbonyl (C=O) groups is 1. The molecule has 36 heavy (non-hydrogen) atoms. The zero-order chi connectivity index (χ0) is 24.9. The van der Waals surface area contributed by atoms with Crippen molar-refractivity contribution < 1.29 is 9.53 Å². The fraction of sp³-hybridized carbons (Fsp3) is 0.0667. The molecule has 5 rings (SSSR count). The molecule has 1 heterocycles. The Labute approximate surface area is 219 Å². The largest absolute Gasteiger partial charge is 0.497 e. The number of methoxy groups -OCH3 is 1. The standard InChI is InChI=1S/C30H23ClN2O2S/c1-35-26-18-16-25(17-19-26)32-30-33(29(34)27(36-30)20-21-12-14-24(31)15-13-21)28(22-8-4-2-5-9-22)23-10-6-3-7-11-23/h2-20,28H,1H3. The molecule has 4 aromatic rings. The van der Waals surface area contributed by atoms with Crippen LogP contribution in [0.5, 0.6) is 5.75 Å². The summed E-state index contributed by atoms with van der Waals surface area (Å²) >= 11 is 7.43. The van der Waals surface area contributed by atoms with Gasteiger partial charge in [-0.3, -0.25) is 9.69 Å². The van der Waals surface area contributed by atoms with Crippen LogP contribution in [0.3, 0.4) is 0 Å². The number of hydrogen-bond donors (Lipinski definition) is 0. The Hall–Kier alpha value is -3.80. The number of aliphatic imine (C=N–C) groups is 1. The van der Waals surface area contributed by atoms with Crippen molar-refractivity contribution in [2.75, 3.05) is 7.11 Å². The molecule has 0 aliphatic carbocycles. The Morgan fingerprint density at radius 2 is 1.42 bits per heavy atom. The highest BCUT2D eigenvalue weighted by molar-refractivity contribution is 8.18. The summed E-state index contributed by atoms with van der Waals surface area (Å²) < 4.78 is 5.29. The van der Waals surface area contributed by atoms with E-state index in [0.717, 1.165) is 28.1 Å². The maximum atomic E-state index is 14.0. The maximum Gasteiger partial charge on any atom is 0.267 e. The quantitative estimate of drug-likeness (QED) is 0.249. The zero-order valence-corrected chi connectivity index (χ0v) is 21.1. The summed E-state index contributed by atoms with van der Waals surface area (Å²) in [5.41, 5.74) is 3.65. The number of ether oxygens (including phenoxy) is 1. The van der Waals surface area contributed by atoms with E-state index in [1.165, 1.54) is 11.8 Å². The van der Waals surface area contributed by atoms with E-state index >= 15 is 0 Å². The molecule has 0 atom stereocenters. The van der Waals surface area contributed by atoms with Gasteiger partial charge in [0, 0.05) is 5.02 Å². The van der Waals surface area contributed by atoms with Crippen LogP contribution in [0.15, 0.2) is 119 Å². The molecule has 1 saturated heterocycles. The first kappa shape index (κ1) is 23.9. The third-order valence-corrected chi connectivity index (χ3v) is 7.03. The maximum absolute atomic E-state index is 14.0. The number of nitrogens with zero attached hydrogens (tertiary/aromatic N) is 2. The van der Waals surface area contributed by atoms with E-state index in [4.69, 9.17) is 21.3 Å². The van der Waals surface area contributed by atoms with Crippen LogP contribution in [0.2, 0.25) is 5.02 Å². The number of halogens is 1. The van der Waals surface area contributed by atoms with E-state index in [1.54, 1.807) is 12.0 Å². The minimum absolute atomic E-state index is 0.0973. The molecular formula is C30H23ClN2O2S. The van der Waals surface area contributed by atoms with E-state index in [9.17, 15) is 4.79 Å². The molecular weight excluding hydrogens is 488 g/mol. The molecule has 0 spiro atoms. The van der Waals surface area contributed by atoms with E-state index in [0.29, 0.717) is 15.1 Å². The van der Waals surface area contributed by atoms with Crippen LogP contribution in [0.4, 0.5) is 5.69 Å². The first-order chi connectivity index (χ1) is 17.6. The Morgan fingerprint density at radius 3 is 1.97 bits per heavy atom. The van der Waals surface area contributed by atoms with E-state index in [-0.39, 0.29) is 11.9 Å². The molecule has 6 heteroatoms. The minimum atomic E-state index is -0.333. The molecule has 178 valence electrons. The van der Waals surface area contributed by atoms with Gasteiger partial charge in [-0.15, -0.1) is 0 Å². The van der Waals surface area contributed by atoms with Gasteiger partial charge in [0.2, 0.25) is 0 Å². The smallest absolute Gasteiger partial charge is 0.267 e. The normalized spacial score (nSPS) is 15.8. The highest BCUT2D eigenvalue weighted by Crippen LogP contribution is 2.42. The second-order valence-corrected chi connectivity index (χ2v) is 9.60. The van der Waals surface area contributed by atoms with Crippen molar-refractivity contribution in [3.05, 3.63) is 136 Å². The minimum Gasteiger partial charge on any atom is -0.497 e. The number of thioether (sulfide) groups is 1. The lowest BCUT2D eigenvalue weighted by atomic mass is 9.97. The molecule has 0 N–H and O–H groups in total. The number of hydrogen-bond acceptors (Lipinski definition) is 4. The summed E-state index contributed by atoms with van der Waals surface area (Å²) in [6.45, 7) is 0. The van der Waals surface area contributed by atoms with E-state index < -0.39 is 0 Å². The predicted molar refractivity (Wildman–Crippen MR) is 149 cm³/mol. The topological polar surface area (TPSA) is 41.9 Å². The average molecular weight is 511 g/mol. The van der Waals surface area contributed by atoms with Gasteiger partial charge in [0.25, 0.3) is 5.91 Å². The Kier molecular flexibility index (Phi) is 7.21. The zero-order valence-electron chi connectivity index (χ0n) is 19.5. The highest BCUT2D eigenvalue weighted by Gasteiger charge is 2.39. The molecule has 4 aromatic carbocycles. The summed E-state index contributed by atoms with van der Waals surface area (Å²) in [5, 5.41) is 1.27. The molecule has 0 unspecified atom stereocenters. The second-order valence-electron chi connectivity index (χ2n) is 8.15. The lowest BCUT2D eigenvalue weighted by Gasteiger charge is -2.28. The van der Waals surface area contributed by atoms with Crippen LogP contribution in [0, 0.1) is 0 Å². The summed E-state index contributed by atoms with van der Waals surface area (Å²) in [7, 11) is 1.63. The van der Waals surface area contributed by atoms with Gasteiger partial charge >= 0.3 is 0 Å². The van der Waals surface area contributed by atoms with Crippen molar-refractivity contribution in [1.82, 2.24) is 4.90 Å². The van der Waals surface area contributed by atoms with Crippen LogP contribution >= 0.6 is 23.4 Å². The second kappa shape index (κ2) is 10.9. The van der Waals surface area contributed by atoms with Crippen molar-refractivity contribution in [2.24, 2.45) is 4.99 Å². The number of benzene rings is 4. The predicted octanol–water partition coefficient (Wildman–Crippen LogP) is 7.74. The number of amidine groups is 1. The fourth-order valence-corrected chi connectivity index (χ4v) is 5.17. The average Bonchev–Trinajstić information content (AvgIpc) is 3.21. The molecule has 1 aliphatic heterocycles. The van der Waals surface area contributed by atoms with Crippen molar-refractivity contribution >= 4 is 46.2 Å². The van der Waals surface area contributed by atoms with Crippen LogP contribution in [-0.2, 0) is 4.79 Å². The summed E-state index contributed by atoms with van der Waals surface area (Å²) in [6.07, 6.45) is 1.89. The van der Waals surface area contributed by atoms with Gasteiger partial charge in [-0.1, -0.05) is 84.4 Å². The van der Waals surface area contributed by atoms with Gasteiger partial charge in [0.05, 0.1) is 23.7 Å². The molecule has 0 bridgehead atoms. The lowest BCUT2D eigenvalue weighted by molar-refractivity contribution is -0.123. The fourth-order valence-electron chi connectivity index (χ4n) is 4.03. The van der Waals surface area contributed by atoms with Crippen molar-refractivity contribution in [2.45, 2.75) is 6.04 Å². The third-order valence-electron chi connectivity index (χ3n) is 5.79. The van der Waals surface area contributed by atoms with E-state index in [1.807, 2.05) is 115 Å². The van der Waals surface area contributed by atoms with Gasteiger partial charge < -0.3 is 4.74 Å². The van der Waals surface area contributed by atoms with Gasteiger partial charge in [-0.05, 0) is 70.9 Å². The van der Waals surface area contributed by atoms with Gasteiger partial charge in [0.15, 0.2) is 5.17 Å². The molecule has 1 fully saturated rings. The SMILES string of the molecule is COc1ccc(N=C2SC(=Cc3ccc(Cl)cc3)C(=O)N2C(c2ccccc2)c2ccccc2)cc1. The van der Waals surface area contributed by atoms with Gasteiger partial charge in [-0.2, -0.15) is 0 Å². The van der Waals surface area contributed by atoms with Crippen molar-refractivity contribution in [3.63, 3.8) is 0 Å². The lowest BCUT2D eigenvalue weighted by Crippen LogP contribution is -2.34. The third kappa shape index (κ3) is 5.23. The molecule has 0 saturated carbocycles. The highest BCUT2D eigenvalue weighted by atomic mass is 35.5. The Morgan fingerprint density at radius 1 is 0.833 bits per heavy atom. The summed E-state index contributed by atoms with van der Waals surface area (Å²) in [6, 6.07) is 34.7. The molecule has 1 aliphatic rings. The molecule has 4 nitrogen and oxygen atoms in total.